The fourth-order valence-corrected chi connectivity index (χ4v) is 2.05. The van der Waals surface area contributed by atoms with Crippen molar-refractivity contribution in [3.8, 4) is 0 Å². The van der Waals surface area contributed by atoms with Crippen molar-refractivity contribution < 1.29 is 4.79 Å². The van der Waals surface area contributed by atoms with Gasteiger partial charge in [0, 0.05) is 44.8 Å². The zero-order chi connectivity index (χ0) is 12.8. The minimum absolute atomic E-state index is 0.0230. The highest BCUT2D eigenvalue weighted by Crippen LogP contribution is 2.06. The van der Waals surface area contributed by atoms with Gasteiger partial charge in [-0.15, -0.1) is 0 Å². The van der Waals surface area contributed by atoms with Crippen LogP contribution in [0.4, 0.5) is 5.82 Å². The summed E-state index contributed by atoms with van der Waals surface area (Å²) in [7, 11) is 0. The number of hydrogen-bond acceptors (Lipinski definition) is 4. The number of amides is 1. The second-order valence-electron chi connectivity index (χ2n) is 4.66. The minimum Gasteiger partial charge on any atom is -0.314 e. The quantitative estimate of drug-likeness (QED) is 0.817. The van der Waals surface area contributed by atoms with E-state index in [1.807, 2.05) is 19.1 Å². The number of piperazine rings is 1. The fraction of sp³-hybridized carbons (Fsp3) is 0.538. The summed E-state index contributed by atoms with van der Waals surface area (Å²) in [5.74, 6) is 0.631. The maximum atomic E-state index is 12.0. The summed E-state index contributed by atoms with van der Waals surface area (Å²) in [6.45, 7) is 6.81. The maximum Gasteiger partial charge on any atom is 0.229 e. The lowest BCUT2D eigenvalue weighted by molar-refractivity contribution is -0.120. The Kier molecular flexibility index (Phi) is 4.66. The summed E-state index contributed by atoms with van der Waals surface area (Å²) in [5, 5.41) is 6.14. The molecule has 18 heavy (non-hydrogen) atoms. The summed E-state index contributed by atoms with van der Waals surface area (Å²) in [4.78, 5) is 18.4. The lowest BCUT2D eigenvalue weighted by Crippen LogP contribution is -2.46. The van der Waals surface area contributed by atoms with E-state index < -0.39 is 0 Å². The highest BCUT2D eigenvalue weighted by Gasteiger charge is 2.18. The van der Waals surface area contributed by atoms with Gasteiger partial charge >= 0.3 is 0 Å². The first-order chi connectivity index (χ1) is 8.75. The van der Waals surface area contributed by atoms with Gasteiger partial charge in [0.25, 0.3) is 0 Å². The number of aromatic nitrogens is 1. The van der Waals surface area contributed by atoms with Crippen LogP contribution < -0.4 is 10.6 Å². The van der Waals surface area contributed by atoms with Gasteiger partial charge < -0.3 is 15.5 Å². The molecule has 2 N–H and O–H groups in total. The van der Waals surface area contributed by atoms with E-state index >= 15 is 0 Å². The fourth-order valence-electron chi connectivity index (χ4n) is 2.05. The smallest absolute Gasteiger partial charge is 0.229 e. The molecule has 2 heterocycles. The molecule has 0 bridgehead atoms. The minimum atomic E-state index is -0.0230. The molecule has 98 valence electrons. The number of hydrogen-bond donors (Lipinski definition) is 2. The van der Waals surface area contributed by atoms with Crippen molar-refractivity contribution >= 4 is 11.7 Å². The molecule has 0 aromatic carbocycles. The summed E-state index contributed by atoms with van der Waals surface area (Å²) in [6, 6.07) is 5.50. The first kappa shape index (κ1) is 13.0. The molecule has 1 atom stereocenters. The molecule has 1 aliphatic heterocycles. The van der Waals surface area contributed by atoms with Crippen LogP contribution in [0.5, 0.6) is 0 Å². The molecule has 1 aromatic rings. The van der Waals surface area contributed by atoms with Crippen molar-refractivity contribution in [2.75, 3.05) is 38.0 Å². The molecular weight excluding hydrogens is 228 g/mol. The summed E-state index contributed by atoms with van der Waals surface area (Å²) >= 11 is 0. The number of carbonyl (C=O) groups is 1. The molecule has 2 rings (SSSR count). The Morgan fingerprint density at radius 1 is 1.50 bits per heavy atom. The summed E-state index contributed by atoms with van der Waals surface area (Å²) < 4.78 is 0. The molecule has 5 nitrogen and oxygen atoms in total. The molecule has 1 saturated heterocycles. The largest absolute Gasteiger partial charge is 0.314 e. The monoisotopic (exact) mass is 248 g/mol. The molecule has 1 aromatic heterocycles. The van der Waals surface area contributed by atoms with E-state index in [-0.39, 0.29) is 11.8 Å². The zero-order valence-electron chi connectivity index (χ0n) is 10.7. The molecule has 1 unspecified atom stereocenters. The zero-order valence-corrected chi connectivity index (χ0v) is 10.7. The van der Waals surface area contributed by atoms with Crippen LogP contribution in [0.2, 0.25) is 0 Å². The first-order valence-corrected chi connectivity index (χ1v) is 6.40. The van der Waals surface area contributed by atoms with E-state index in [1.54, 1.807) is 12.3 Å². The van der Waals surface area contributed by atoms with E-state index in [0.29, 0.717) is 5.82 Å². The third-order valence-electron chi connectivity index (χ3n) is 3.11. The van der Waals surface area contributed by atoms with Crippen molar-refractivity contribution in [2.45, 2.75) is 6.92 Å². The van der Waals surface area contributed by atoms with E-state index in [2.05, 4.69) is 20.5 Å². The maximum absolute atomic E-state index is 12.0. The molecule has 1 amide bonds. The standard InChI is InChI=1S/C13H20N4O/c1-11(10-17-8-6-14-7-9-17)13(18)16-12-4-2-3-5-15-12/h2-5,11,14H,6-10H2,1H3,(H,15,16,18). The average Bonchev–Trinajstić information content (AvgIpc) is 2.41. The number of nitrogens with zero attached hydrogens (tertiary/aromatic N) is 2. The second-order valence-corrected chi connectivity index (χ2v) is 4.66. The van der Waals surface area contributed by atoms with E-state index in [0.717, 1.165) is 32.7 Å². The van der Waals surface area contributed by atoms with Gasteiger partial charge in [0.05, 0.1) is 0 Å². The molecule has 0 aliphatic carbocycles. The van der Waals surface area contributed by atoms with Crippen LogP contribution in [-0.4, -0.2) is 48.5 Å². The predicted molar refractivity (Wildman–Crippen MR) is 71.3 cm³/mol. The molecule has 0 radical (unpaired) electrons. The average molecular weight is 248 g/mol. The van der Waals surface area contributed by atoms with Crippen LogP contribution in [0.25, 0.3) is 0 Å². The first-order valence-electron chi connectivity index (χ1n) is 6.40. The van der Waals surface area contributed by atoms with Gasteiger partial charge in [-0.1, -0.05) is 13.0 Å². The van der Waals surface area contributed by atoms with Crippen molar-refractivity contribution in [2.24, 2.45) is 5.92 Å². The SMILES string of the molecule is CC(CN1CCNCC1)C(=O)Nc1ccccn1. The van der Waals surface area contributed by atoms with Crippen molar-refractivity contribution in [3.05, 3.63) is 24.4 Å². The van der Waals surface area contributed by atoms with Gasteiger partial charge in [-0.2, -0.15) is 0 Å². The molecule has 5 heteroatoms. The van der Waals surface area contributed by atoms with Crippen LogP contribution in [0.1, 0.15) is 6.92 Å². The number of pyridine rings is 1. The number of rotatable bonds is 4. The van der Waals surface area contributed by atoms with Crippen molar-refractivity contribution in [1.29, 1.82) is 0 Å². The van der Waals surface area contributed by atoms with Crippen molar-refractivity contribution in [3.63, 3.8) is 0 Å². The lowest BCUT2D eigenvalue weighted by atomic mass is 10.1. The Bertz CT molecular complexity index is 376. The van der Waals surface area contributed by atoms with Crippen LogP contribution >= 0.6 is 0 Å². The van der Waals surface area contributed by atoms with Gasteiger partial charge in [-0.05, 0) is 12.1 Å². The highest BCUT2D eigenvalue weighted by atomic mass is 16.1. The molecular formula is C13H20N4O. The summed E-state index contributed by atoms with van der Waals surface area (Å²) in [6.07, 6.45) is 1.68. The van der Waals surface area contributed by atoms with Crippen LogP contribution in [0.3, 0.4) is 0 Å². The van der Waals surface area contributed by atoms with E-state index in [4.69, 9.17) is 0 Å². The second kappa shape index (κ2) is 6.47. The van der Waals surface area contributed by atoms with Gasteiger partial charge in [-0.3, -0.25) is 4.79 Å². The summed E-state index contributed by atoms with van der Waals surface area (Å²) in [5.41, 5.74) is 0. The Morgan fingerprint density at radius 3 is 2.94 bits per heavy atom. The predicted octanol–water partition coefficient (Wildman–Crippen LogP) is 0.561. The van der Waals surface area contributed by atoms with Gasteiger partial charge in [0.2, 0.25) is 5.91 Å². The highest BCUT2D eigenvalue weighted by molar-refractivity contribution is 5.91. The molecule has 1 aliphatic rings. The van der Waals surface area contributed by atoms with Gasteiger partial charge in [-0.25, -0.2) is 4.98 Å². The third kappa shape index (κ3) is 3.78. The Labute approximate surface area is 108 Å². The number of anilines is 1. The van der Waals surface area contributed by atoms with E-state index in [9.17, 15) is 4.79 Å². The van der Waals surface area contributed by atoms with Crippen molar-refractivity contribution in [1.82, 2.24) is 15.2 Å². The van der Waals surface area contributed by atoms with Gasteiger partial charge in [0.15, 0.2) is 0 Å². The number of nitrogens with one attached hydrogen (secondary N) is 2. The Morgan fingerprint density at radius 2 is 2.28 bits per heavy atom. The third-order valence-corrected chi connectivity index (χ3v) is 3.11. The topological polar surface area (TPSA) is 57.3 Å². The molecule has 0 spiro atoms. The Hall–Kier alpha value is -1.46. The molecule has 1 fully saturated rings. The van der Waals surface area contributed by atoms with Crippen LogP contribution in [0, 0.1) is 5.92 Å². The Balaban J connectivity index is 1.81. The number of carbonyl (C=O) groups excluding carboxylic acids is 1. The van der Waals surface area contributed by atoms with Gasteiger partial charge in [0.1, 0.15) is 5.82 Å². The normalized spacial score (nSPS) is 18.3. The molecule has 0 saturated carbocycles. The van der Waals surface area contributed by atoms with Crippen LogP contribution in [0.15, 0.2) is 24.4 Å². The lowest BCUT2D eigenvalue weighted by Gasteiger charge is -2.29. The van der Waals surface area contributed by atoms with Crippen LogP contribution in [-0.2, 0) is 4.79 Å². The van der Waals surface area contributed by atoms with E-state index in [1.165, 1.54) is 0 Å².